The molecule has 1 amide bonds. The van der Waals surface area contributed by atoms with E-state index in [9.17, 15) is 13.2 Å². The molecule has 0 saturated heterocycles. The fraction of sp³-hybridized carbons (Fsp3) is 0.174. The Morgan fingerprint density at radius 1 is 1.00 bits per heavy atom. The molecule has 1 aliphatic rings. The number of carbonyl (C=O) groups excluding carboxylic acids is 1. The third-order valence-corrected chi connectivity index (χ3v) is 8.20. The van der Waals surface area contributed by atoms with E-state index in [4.69, 9.17) is 0 Å². The number of rotatable bonds is 4. The lowest BCUT2D eigenvalue weighted by Gasteiger charge is -2.34. The standard InChI is InChI=1S/C23H20N4O3S2/c1-15-25-26-23(31-15)24-22(28)21-13-18-8-4-5-9-19(18)14-27(21)32(29,30)20-11-10-16-6-2-3-7-17(16)12-20/h2-12,21H,13-14H2,1H3,(H,24,26,28)/t21-/m0/s1. The molecule has 2 heterocycles. The molecule has 9 heteroatoms. The second kappa shape index (κ2) is 8.09. The van der Waals surface area contributed by atoms with Crippen molar-refractivity contribution in [3.8, 4) is 0 Å². The van der Waals surface area contributed by atoms with E-state index in [2.05, 4.69) is 15.5 Å². The van der Waals surface area contributed by atoms with E-state index in [0.717, 1.165) is 26.9 Å². The summed E-state index contributed by atoms with van der Waals surface area (Å²) in [5.74, 6) is -0.417. The first-order chi connectivity index (χ1) is 15.4. The van der Waals surface area contributed by atoms with Crippen LogP contribution in [-0.2, 0) is 27.8 Å². The summed E-state index contributed by atoms with van der Waals surface area (Å²) < 4.78 is 28.8. The van der Waals surface area contributed by atoms with Gasteiger partial charge in [0.1, 0.15) is 11.0 Å². The van der Waals surface area contributed by atoms with Crippen LogP contribution in [0, 0.1) is 6.92 Å². The summed E-state index contributed by atoms with van der Waals surface area (Å²) in [6.45, 7) is 1.92. The normalized spacial score (nSPS) is 16.6. The number of nitrogens with one attached hydrogen (secondary N) is 1. The van der Waals surface area contributed by atoms with Crippen LogP contribution in [0.25, 0.3) is 10.8 Å². The van der Waals surface area contributed by atoms with Crippen LogP contribution in [0.5, 0.6) is 0 Å². The average molecular weight is 465 g/mol. The number of nitrogens with zero attached hydrogens (tertiary/aromatic N) is 3. The van der Waals surface area contributed by atoms with Crippen LogP contribution < -0.4 is 5.32 Å². The maximum absolute atomic E-state index is 13.7. The van der Waals surface area contributed by atoms with Gasteiger partial charge in [-0.05, 0) is 47.4 Å². The summed E-state index contributed by atoms with van der Waals surface area (Å²) in [6.07, 6.45) is 0.284. The highest BCUT2D eigenvalue weighted by Crippen LogP contribution is 2.31. The second-order valence-electron chi connectivity index (χ2n) is 7.66. The highest BCUT2D eigenvalue weighted by Gasteiger charge is 2.40. The third kappa shape index (κ3) is 3.79. The zero-order chi connectivity index (χ0) is 22.3. The van der Waals surface area contributed by atoms with Crippen LogP contribution >= 0.6 is 11.3 Å². The molecule has 1 aliphatic heterocycles. The molecular weight excluding hydrogens is 444 g/mol. The van der Waals surface area contributed by atoms with E-state index >= 15 is 0 Å². The zero-order valence-corrected chi connectivity index (χ0v) is 18.9. The lowest BCUT2D eigenvalue weighted by molar-refractivity contribution is -0.120. The Hall–Kier alpha value is -3.14. The summed E-state index contributed by atoms with van der Waals surface area (Å²) in [4.78, 5) is 13.4. The van der Waals surface area contributed by atoms with E-state index in [1.807, 2.05) is 48.5 Å². The lowest BCUT2D eigenvalue weighted by Crippen LogP contribution is -2.50. The smallest absolute Gasteiger partial charge is 0.245 e. The van der Waals surface area contributed by atoms with Gasteiger partial charge in [0, 0.05) is 6.54 Å². The van der Waals surface area contributed by atoms with Gasteiger partial charge >= 0.3 is 0 Å². The van der Waals surface area contributed by atoms with Crippen molar-refractivity contribution in [2.45, 2.75) is 30.8 Å². The lowest BCUT2D eigenvalue weighted by atomic mass is 9.95. The molecule has 0 bridgehead atoms. The number of hydrogen-bond donors (Lipinski definition) is 1. The molecule has 0 fully saturated rings. The van der Waals surface area contributed by atoms with Crippen molar-refractivity contribution in [3.05, 3.63) is 82.9 Å². The van der Waals surface area contributed by atoms with E-state index in [0.29, 0.717) is 5.13 Å². The van der Waals surface area contributed by atoms with Gasteiger partial charge in [0.05, 0.1) is 4.90 Å². The maximum atomic E-state index is 13.7. The Morgan fingerprint density at radius 2 is 1.72 bits per heavy atom. The first-order valence-electron chi connectivity index (χ1n) is 10.1. The molecule has 4 aromatic rings. The van der Waals surface area contributed by atoms with Gasteiger partial charge in [0.25, 0.3) is 0 Å². The predicted molar refractivity (Wildman–Crippen MR) is 124 cm³/mol. The molecule has 162 valence electrons. The number of fused-ring (bicyclic) bond motifs is 2. The minimum Gasteiger partial charge on any atom is -0.299 e. The topological polar surface area (TPSA) is 92.3 Å². The van der Waals surface area contributed by atoms with Crippen LogP contribution in [0.2, 0.25) is 0 Å². The molecule has 1 aromatic heterocycles. The Labute approximate surface area is 189 Å². The first kappa shape index (κ1) is 20.7. The maximum Gasteiger partial charge on any atom is 0.245 e. The molecule has 0 radical (unpaired) electrons. The van der Waals surface area contributed by atoms with Crippen molar-refractivity contribution < 1.29 is 13.2 Å². The van der Waals surface area contributed by atoms with Crippen molar-refractivity contribution in [1.29, 1.82) is 0 Å². The van der Waals surface area contributed by atoms with Gasteiger partial charge < -0.3 is 0 Å². The van der Waals surface area contributed by atoms with Crippen LogP contribution in [-0.4, -0.2) is 34.9 Å². The number of amides is 1. The van der Waals surface area contributed by atoms with E-state index in [-0.39, 0.29) is 17.9 Å². The quantitative estimate of drug-likeness (QED) is 0.497. The molecule has 1 atom stereocenters. The highest BCUT2D eigenvalue weighted by molar-refractivity contribution is 7.89. The minimum atomic E-state index is -3.94. The largest absolute Gasteiger partial charge is 0.299 e. The molecule has 1 N–H and O–H groups in total. The fourth-order valence-corrected chi connectivity index (χ4v) is 6.17. The molecule has 7 nitrogen and oxygen atoms in total. The number of carbonyl (C=O) groups is 1. The van der Waals surface area contributed by atoms with E-state index < -0.39 is 22.0 Å². The van der Waals surface area contributed by atoms with Crippen molar-refractivity contribution in [1.82, 2.24) is 14.5 Å². The van der Waals surface area contributed by atoms with Crippen LogP contribution in [0.3, 0.4) is 0 Å². The Morgan fingerprint density at radius 3 is 2.47 bits per heavy atom. The van der Waals surface area contributed by atoms with Crippen LogP contribution in [0.15, 0.2) is 71.6 Å². The molecule has 32 heavy (non-hydrogen) atoms. The van der Waals surface area contributed by atoms with Gasteiger partial charge in [-0.25, -0.2) is 8.42 Å². The molecule has 0 aliphatic carbocycles. The Bertz CT molecular complexity index is 1430. The summed E-state index contributed by atoms with van der Waals surface area (Å²) in [7, 11) is -3.94. The summed E-state index contributed by atoms with van der Waals surface area (Å²) in [5, 5.41) is 13.5. The summed E-state index contributed by atoms with van der Waals surface area (Å²) in [6, 6.07) is 19.4. The molecule has 3 aromatic carbocycles. The average Bonchev–Trinajstić information content (AvgIpc) is 3.22. The third-order valence-electron chi connectivity index (χ3n) is 5.59. The van der Waals surface area contributed by atoms with Gasteiger partial charge in [0.2, 0.25) is 21.1 Å². The number of anilines is 1. The Balaban J connectivity index is 1.55. The predicted octanol–water partition coefficient (Wildman–Crippen LogP) is 3.75. The van der Waals surface area contributed by atoms with Crippen molar-refractivity contribution in [2.24, 2.45) is 0 Å². The first-order valence-corrected chi connectivity index (χ1v) is 12.4. The van der Waals surface area contributed by atoms with E-state index in [1.54, 1.807) is 25.1 Å². The molecule has 5 rings (SSSR count). The zero-order valence-electron chi connectivity index (χ0n) is 17.2. The van der Waals surface area contributed by atoms with Gasteiger partial charge in [0.15, 0.2) is 0 Å². The SMILES string of the molecule is Cc1nnc(NC(=O)[C@@H]2Cc3ccccc3CN2S(=O)(=O)c2ccc3ccccc3c2)s1. The molecular formula is C23H20N4O3S2. The molecule has 0 saturated carbocycles. The number of aromatic nitrogens is 2. The monoisotopic (exact) mass is 464 g/mol. The highest BCUT2D eigenvalue weighted by atomic mass is 32.2. The van der Waals surface area contributed by atoms with Crippen LogP contribution in [0.1, 0.15) is 16.1 Å². The molecule has 0 spiro atoms. The van der Waals surface area contributed by atoms with Gasteiger partial charge in [-0.1, -0.05) is 65.9 Å². The number of aryl methyl sites for hydroxylation is 1. The van der Waals surface area contributed by atoms with Crippen molar-refractivity contribution in [3.63, 3.8) is 0 Å². The number of benzene rings is 3. The summed E-state index contributed by atoms with van der Waals surface area (Å²) >= 11 is 1.25. The number of hydrogen-bond acceptors (Lipinski definition) is 6. The van der Waals surface area contributed by atoms with Crippen molar-refractivity contribution >= 4 is 43.2 Å². The summed E-state index contributed by atoms with van der Waals surface area (Å²) in [5.41, 5.74) is 1.86. The number of sulfonamides is 1. The fourth-order valence-electron chi connectivity index (χ4n) is 3.97. The second-order valence-corrected chi connectivity index (χ2v) is 10.7. The Kier molecular flexibility index (Phi) is 5.24. The van der Waals surface area contributed by atoms with Gasteiger partial charge in [-0.2, -0.15) is 4.31 Å². The van der Waals surface area contributed by atoms with Crippen LogP contribution in [0.4, 0.5) is 5.13 Å². The van der Waals surface area contributed by atoms with Crippen molar-refractivity contribution in [2.75, 3.05) is 5.32 Å². The minimum absolute atomic E-state index is 0.124. The van der Waals surface area contributed by atoms with Gasteiger partial charge in [-0.15, -0.1) is 10.2 Å². The molecule has 0 unspecified atom stereocenters. The van der Waals surface area contributed by atoms with E-state index in [1.165, 1.54) is 15.6 Å². The van der Waals surface area contributed by atoms with Gasteiger partial charge in [-0.3, -0.25) is 10.1 Å².